The number of rotatable bonds is 3. The van der Waals surface area contributed by atoms with E-state index in [1.807, 2.05) is 48.9 Å². The zero-order valence-electron chi connectivity index (χ0n) is 15.0. The van der Waals surface area contributed by atoms with Crippen molar-refractivity contribution in [3.8, 4) is 5.69 Å². The molecule has 0 radical (unpaired) electrons. The highest BCUT2D eigenvalue weighted by atomic mass is 16.2. The number of carbonyl (C=O) groups excluding carboxylic acids is 2. The Morgan fingerprint density at radius 1 is 1.16 bits per heavy atom. The summed E-state index contributed by atoms with van der Waals surface area (Å²) in [5, 5.41) is 7.39. The summed E-state index contributed by atoms with van der Waals surface area (Å²) >= 11 is 0. The summed E-state index contributed by atoms with van der Waals surface area (Å²) in [6, 6.07) is 9.24. The maximum absolute atomic E-state index is 12.6. The third-order valence-electron chi connectivity index (χ3n) is 4.60. The Hall–Kier alpha value is -2.63. The van der Waals surface area contributed by atoms with E-state index in [1.165, 1.54) is 6.92 Å². The molecule has 1 unspecified atom stereocenters. The van der Waals surface area contributed by atoms with Crippen molar-refractivity contribution in [3.05, 3.63) is 41.7 Å². The molecule has 0 aliphatic carbocycles. The molecule has 1 aliphatic heterocycles. The molecule has 1 atom stereocenters. The van der Waals surface area contributed by atoms with Crippen LogP contribution in [0.3, 0.4) is 0 Å². The van der Waals surface area contributed by atoms with E-state index in [1.54, 1.807) is 4.90 Å². The average Bonchev–Trinajstić information content (AvgIpc) is 2.94. The van der Waals surface area contributed by atoms with Crippen LogP contribution in [0.15, 0.2) is 30.3 Å². The van der Waals surface area contributed by atoms with Gasteiger partial charge in [0.1, 0.15) is 6.04 Å². The van der Waals surface area contributed by atoms with Crippen molar-refractivity contribution in [3.63, 3.8) is 0 Å². The Labute approximate surface area is 147 Å². The standard InChI is InChI=1S/C19H24N4O2/c1-13-12-14(2)23(21-13)17-9-7-16(8-10-17)20-19(25)18-6-4-5-11-22(18)15(3)24/h7-10,12,18H,4-6,11H2,1-3H3,(H,20,25). The van der Waals surface area contributed by atoms with Gasteiger partial charge in [0, 0.05) is 24.8 Å². The Morgan fingerprint density at radius 3 is 2.48 bits per heavy atom. The van der Waals surface area contributed by atoms with Gasteiger partial charge in [-0.2, -0.15) is 5.10 Å². The van der Waals surface area contributed by atoms with Crippen LogP contribution in [0.4, 0.5) is 5.69 Å². The lowest BCUT2D eigenvalue weighted by molar-refractivity contribution is -0.138. The lowest BCUT2D eigenvalue weighted by Crippen LogP contribution is -2.49. The summed E-state index contributed by atoms with van der Waals surface area (Å²) < 4.78 is 1.87. The topological polar surface area (TPSA) is 67.2 Å². The molecule has 132 valence electrons. The molecule has 1 aliphatic rings. The maximum atomic E-state index is 12.6. The predicted octanol–water partition coefficient (Wildman–Crippen LogP) is 2.83. The predicted molar refractivity (Wildman–Crippen MR) is 96.7 cm³/mol. The number of aromatic nitrogens is 2. The molecular formula is C19H24N4O2. The van der Waals surface area contributed by atoms with Gasteiger partial charge in [0.25, 0.3) is 0 Å². The first-order valence-corrected chi connectivity index (χ1v) is 8.67. The molecule has 1 aromatic carbocycles. The van der Waals surface area contributed by atoms with Crippen molar-refractivity contribution < 1.29 is 9.59 Å². The highest BCUT2D eigenvalue weighted by Crippen LogP contribution is 2.20. The maximum Gasteiger partial charge on any atom is 0.247 e. The van der Waals surface area contributed by atoms with Gasteiger partial charge >= 0.3 is 0 Å². The third kappa shape index (κ3) is 3.73. The van der Waals surface area contributed by atoms with E-state index < -0.39 is 0 Å². The molecule has 2 aromatic rings. The van der Waals surface area contributed by atoms with E-state index in [-0.39, 0.29) is 17.9 Å². The second-order valence-electron chi connectivity index (χ2n) is 6.60. The number of nitrogens with zero attached hydrogens (tertiary/aromatic N) is 3. The molecule has 25 heavy (non-hydrogen) atoms. The van der Waals surface area contributed by atoms with E-state index >= 15 is 0 Å². The highest BCUT2D eigenvalue weighted by molar-refractivity contribution is 5.97. The quantitative estimate of drug-likeness (QED) is 0.934. The van der Waals surface area contributed by atoms with Crippen molar-refractivity contribution in [2.45, 2.75) is 46.1 Å². The van der Waals surface area contributed by atoms with Gasteiger partial charge in [-0.05, 0) is 63.4 Å². The van der Waals surface area contributed by atoms with Gasteiger partial charge in [-0.3, -0.25) is 9.59 Å². The normalized spacial score (nSPS) is 17.4. The average molecular weight is 340 g/mol. The zero-order chi connectivity index (χ0) is 18.0. The van der Waals surface area contributed by atoms with Crippen LogP contribution < -0.4 is 5.32 Å². The molecule has 3 rings (SSSR count). The molecule has 1 saturated heterocycles. The van der Waals surface area contributed by atoms with Gasteiger partial charge in [0.2, 0.25) is 11.8 Å². The summed E-state index contributed by atoms with van der Waals surface area (Å²) in [7, 11) is 0. The number of hydrogen-bond acceptors (Lipinski definition) is 3. The monoisotopic (exact) mass is 340 g/mol. The van der Waals surface area contributed by atoms with E-state index in [0.29, 0.717) is 6.54 Å². The smallest absolute Gasteiger partial charge is 0.247 e. The molecular weight excluding hydrogens is 316 g/mol. The minimum absolute atomic E-state index is 0.0419. The fraction of sp³-hybridized carbons (Fsp3) is 0.421. The number of hydrogen-bond donors (Lipinski definition) is 1. The second kappa shape index (κ2) is 7.09. The van der Waals surface area contributed by atoms with Gasteiger partial charge in [0.15, 0.2) is 0 Å². The van der Waals surface area contributed by atoms with Crippen LogP contribution in [0, 0.1) is 13.8 Å². The van der Waals surface area contributed by atoms with E-state index in [2.05, 4.69) is 10.4 Å². The highest BCUT2D eigenvalue weighted by Gasteiger charge is 2.30. The number of benzene rings is 1. The molecule has 6 nitrogen and oxygen atoms in total. The van der Waals surface area contributed by atoms with Crippen LogP contribution in [0.1, 0.15) is 37.6 Å². The molecule has 0 saturated carbocycles. The Bertz CT molecular complexity index is 779. The van der Waals surface area contributed by atoms with Crippen molar-refractivity contribution in [1.29, 1.82) is 0 Å². The first kappa shape index (κ1) is 17.2. The number of nitrogens with one attached hydrogen (secondary N) is 1. The lowest BCUT2D eigenvalue weighted by atomic mass is 10.0. The van der Waals surface area contributed by atoms with Crippen molar-refractivity contribution >= 4 is 17.5 Å². The second-order valence-corrected chi connectivity index (χ2v) is 6.60. The van der Waals surface area contributed by atoms with Gasteiger partial charge in [-0.15, -0.1) is 0 Å². The molecule has 1 N–H and O–H groups in total. The molecule has 1 fully saturated rings. The number of aryl methyl sites for hydroxylation is 2. The first-order chi connectivity index (χ1) is 12.0. The summed E-state index contributed by atoms with van der Waals surface area (Å²) in [4.78, 5) is 26.0. The van der Waals surface area contributed by atoms with Gasteiger partial charge in [0.05, 0.1) is 11.4 Å². The van der Waals surface area contributed by atoms with Crippen LogP contribution in [0.25, 0.3) is 5.69 Å². The van der Waals surface area contributed by atoms with Gasteiger partial charge < -0.3 is 10.2 Å². The van der Waals surface area contributed by atoms with Gasteiger partial charge in [-0.1, -0.05) is 0 Å². The Kier molecular flexibility index (Phi) is 4.88. The fourth-order valence-electron chi connectivity index (χ4n) is 3.38. The number of anilines is 1. The van der Waals surface area contributed by atoms with Crippen LogP contribution in [-0.2, 0) is 9.59 Å². The number of piperidine rings is 1. The van der Waals surface area contributed by atoms with Crippen LogP contribution in [0.2, 0.25) is 0 Å². The van der Waals surface area contributed by atoms with Crippen LogP contribution in [-0.4, -0.2) is 39.1 Å². The molecule has 2 amide bonds. The minimum Gasteiger partial charge on any atom is -0.331 e. The summed E-state index contributed by atoms with van der Waals surface area (Å²) in [5.74, 6) is -0.159. The number of amides is 2. The van der Waals surface area contributed by atoms with E-state index in [0.717, 1.165) is 42.0 Å². The van der Waals surface area contributed by atoms with Gasteiger partial charge in [-0.25, -0.2) is 4.68 Å². The Morgan fingerprint density at radius 2 is 1.88 bits per heavy atom. The SMILES string of the molecule is CC(=O)N1CCCCC1C(=O)Nc1ccc(-n2nc(C)cc2C)cc1. The Balaban J connectivity index is 1.71. The van der Waals surface area contributed by atoms with E-state index in [9.17, 15) is 9.59 Å². The van der Waals surface area contributed by atoms with Crippen molar-refractivity contribution in [2.24, 2.45) is 0 Å². The summed E-state index contributed by atoms with van der Waals surface area (Å²) in [5.41, 5.74) is 3.71. The molecule has 2 heterocycles. The third-order valence-corrected chi connectivity index (χ3v) is 4.60. The largest absolute Gasteiger partial charge is 0.331 e. The zero-order valence-corrected chi connectivity index (χ0v) is 15.0. The molecule has 0 spiro atoms. The minimum atomic E-state index is -0.373. The summed E-state index contributed by atoms with van der Waals surface area (Å²) in [6.45, 7) is 6.15. The van der Waals surface area contributed by atoms with Crippen molar-refractivity contribution in [2.75, 3.05) is 11.9 Å². The summed E-state index contributed by atoms with van der Waals surface area (Å²) in [6.07, 6.45) is 2.65. The van der Waals surface area contributed by atoms with Crippen molar-refractivity contribution in [1.82, 2.24) is 14.7 Å². The lowest BCUT2D eigenvalue weighted by Gasteiger charge is -2.33. The molecule has 1 aromatic heterocycles. The number of likely N-dealkylation sites (tertiary alicyclic amines) is 1. The fourth-order valence-corrected chi connectivity index (χ4v) is 3.38. The molecule has 0 bridgehead atoms. The van der Waals surface area contributed by atoms with Crippen LogP contribution >= 0.6 is 0 Å². The first-order valence-electron chi connectivity index (χ1n) is 8.67. The number of carbonyl (C=O) groups is 2. The van der Waals surface area contributed by atoms with Crippen LogP contribution in [0.5, 0.6) is 0 Å². The molecule has 6 heteroatoms. The van der Waals surface area contributed by atoms with E-state index in [4.69, 9.17) is 0 Å².